The van der Waals surface area contributed by atoms with E-state index in [1.165, 1.54) is 11.0 Å². The fraction of sp³-hybridized carbons (Fsp3) is 0.477. The average molecular weight is 1270 g/mol. The van der Waals surface area contributed by atoms with Gasteiger partial charge in [-0.15, -0.1) is 11.3 Å². The molecule has 2 saturated heterocycles. The van der Waals surface area contributed by atoms with E-state index in [0.29, 0.717) is 126 Å². The highest BCUT2D eigenvalue weighted by Gasteiger charge is 2.42. The largest absolute Gasteiger partial charge is 0.508 e. The third kappa shape index (κ3) is 18.4. The van der Waals surface area contributed by atoms with Crippen LogP contribution in [0, 0.1) is 18.2 Å². The number of aromatic hydroxyl groups is 1. The van der Waals surface area contributed by atoms with Crippen molar-refractivity contribution in [2.45, 2.75) is 78.4 Å². The molecular formula is C65H82ClFN10O11S. The second-order valence-electron chi connectivity index (χ2n) is 23.2. The fourth-order valence-electron chi connectivity index (χ4n) is 10.6. The number of nitrogens with one attached hydrogen (secondary N) is 3. The second-order valence-corrected chi connectivity index (χ2v) is 24.4. The molecule has 21 nitrogen and oxygen atoms in total. The molecule has 0 aliphatic carbocycles. The van der Waals surface area contributed by atoms with E-state index in [-0.39, 0.29) is 90.3 Å². The van der Waals surface area contributed by atoms with Crippen molar-refractivity contribution in [2.24, 2.45) is 5.41 Å². The number of benzene rings is 4. The number of ether oxygens (including phenoxy) is 5. The highest BCUT2D eigenvalue weighted by atomic mass is 35.5. The number of halogens is 2. The number of thiazole rings is 1. The van der Waals surface area contributed by atoms with Gasteiger partial charge in [-0.25, -0.2) is 14.4 Å². The summed E-state index contributed by atoms with van der Waals surface area (Å²) in [5, 5.41) is 21.6. The summed E-state index contributed by atoms with van der Waals surface area (Å²) in [6.07, 6.45) is 5.22. The first-order chi connectivity index (χ1) is 42.8. The number of aromatic nitrogens is 3. The van der Waals surface area contributed by atoms with Crippen LogP contribution in [0.1, 0.15) is 70.7 Å². The maximum absolute atomic E-state index is 17.0. The van der Waals surface area contributed by atoms with E-state index in [4.69, 9.17) is 40.3 Å². The zero-order chi connectivity index (χ0) is 63.6. The molecule has 2 aliphatic heterocycles. The summed E-state index contributed by atoms with van der Waals surface area (Å²) in [4.78, 5) is 87.9. The lowest BCUT2D eigenvalue weighted by Gasteiger charge is -2.35. The van der Waals surface area contributed by atoms with Crippen LogP contribution in [-0.2, 0) is 47.7 Å². The summed E-state index contributed by atoms with van der Waals surface area (Å²) < 4.78 is 45.0. The molecule has 5 amide bonds. The number of nitrogens with zero attached hydrogens (tertiary/aromatic N) is 7. The molecule has 478 valence electrons. The molecule has 0 bridgehead atoms. The summed E-state index contributed by atoms with van der Waals surface area (Å²) >= 11 is 8.49. The standard InChI is InChI=1S/C65H82ClFN10O11S/c1-42(44-17-19-45(20-18-44)59-43(2)69-41-89-59)70-62(82)52-15-12-23-77(52)63(83)60(65(3,4)5)71-53(79)40-88-36-35-87-34-33-86-32-31-85-30-29-84-28-11-10-16-55(81)75-24-26-76(27-25-75)61-50-39-51(66)56(49-38-47(78)37-46-13-8-9-14-48(46)49)57(67)58(50)72-64(73-61)68-22-21-54(80)74(6)7/h8-10,13-14,16-20,37-39,41-42,52,60,78H,11-12,15,21-36,40H2,1-7H3,(H,70,82)(H,71,79)(H,68,72,73)/b16-10+/t42-,52-,60+/m0/s1. The minimum atomic E-state index is -0.871. The Labute approximate surface area is 528 Å². The van der Waals surface area contributed by atoms with E-state index in [9.17, 15) is 29.1 Å². The molecule has 4 heterocycles. The van der Waals surface area contributed by atoms with Gasteiger partial charge in [0.15, 0.2) is 5.82 Å². The van der Waals surface area contributed by atoms with E-state index in [2.05, 4.69) is 25.9 Å². The van der Waals surface area contributed by atoms with Crippen molar-refractivity contribution in [3.8, 4) is 27.3 Å². The lowest BCUT2D eigenvalue weighted by atomic mass is 9.85. The molecule has 6 aromatic rings. The van der Waals surface area contributed by atoms with E-state index < -0.39 is 29.2 Å². The van der Waals surface area contributed by atoms with Crippen LogP contribution < -0.4 is 20.9 Å². The molecule has 24 heteroatoms. The number of likely N-dealkylation sites (tertiary alicyclic amines) is 1. The van der Waals surface area contributed by atoms with Gasteiger partial charge in [0.05, 0.1) is 86.6 Å². The monoisotopic (exact) mass is 1260 g/mol. The number of rotatable bonds is 30. The molecule has 0 radical (unpaired) electrons. The Morgan fingerprint density at radius 1 is 0.843 bits per heavy atom. The normalized spacial score (nSPS) is 15.2. The van der Waals surface area contributed by atoms with Gasteiger partial charge in [0.2, 0.25) is 35.5 Å². The fourth-order valence-corrected chi connectivity index (χ4v) is 11.7. The summed E-state index contributed by atoms with van der Waals surface area (Å²) in [6.45, 7) is 14.4. The van der Waals surface area contributed by atoms with Gasteiger partial charge in [-0.2, -0.15) is 4.98 Å². The molecule has 2 aliphatic rings. The minimum absolute atomic E-state index is 0.0153. The topological polar surface area (TPSA) is 239 Å². The number of hydrogen-bond donors (Lipinski definition) is 4. The van der Waals surface area contributed by atoms with Crippen molar-refractivity contribution in [3.05, 3.63) is 106 Å². The maximum atomic E-state index is 17.0. The van der Waals surface area contributed by atoms with Gasteiger partial charge >= 0.3 is 0 Å². The van der Waals surface area contributed by atoms with Crippen LogP contribution in [0.25, 0.3) is 43.2 Å². The molecule has 0 unspecified atom stereocenters. The lowest BCUT2D eigenvalue weighted by Crippen LogP contribution is -2.58. The Kier molecular flexibility index (Phi) is 24.6. The maximum Gasteiger partial charge on any atom is 0.246 e. The quantitative estimate of drug-likeness (QED) is 0.0245. The number of anilines is 2. The van der Waals surface area contributed by atoms with Crippen LogP contribution in [0.4, 0.5) is 16.2 Å². The van der Waals surface area contributed by atoms with Gasteiger partial charge in [-0.3, -0.25) is 24.0 Å². The first-order valence-corrected chi connectivity index (χ1v) is 31.4. The number of fused-ring (bicyclic) bond motifs is 2. The summed E-state index contributed by atoms with van der Waals surface area (Å²) in [7, 11) is 3.34. The SMILES string of the molecule is Cc1ncsc1-c1ccc([C@H](C)NC(=O)[C@@H]2CCCN2C(=O)[C@@H](NC(=O)COCCOCCOCCOCCOCC/C=C/C(=O)N2CCN(c3nc(NCCC(=O)N(C)C)nc4c(F)c(-c5cc(O)cc6ccccc56)c(Cl)cc34)CC2)C(C)(C)C)cc1. The van der Waals surface area contributed by atoms with E-state index in [1.54, 1.807) is 59.5 Å². The Morgan fingerprint density at radius 2 is 1.51 bits per heavy atom. The summed E-state index contributed by atoms with van der Waals surface area (Å²) in [6, 6.07) is 18.3. The molecule has 89 heavy (non-hydrogen) atoms. The van der Waals surface area contributed by atoms with Crippen LogP contribution >= 0.6 is 22.9 Å². The van der Waals surface area contributed by atoms with Crippen molar-refractivity contribution < 1.29 is 57.2 Å². The molecule has 2 fully saturated rings. The van der Waals surface area contributed by atoms with Crippen LogP contribution in [0.15, 0.2) is 84.4 Å². The average Bonchev–Trinajstić information content (AvgIpc) is 1.29. The molecular weight excluding hydrogens is 1180 g/mol. The zero-order valence-electron chi connectivity index (χ0n) is 51.8. The molecule has 2 aromatic heterocycles. The van der Waals surface area contributed by atoms with E-state index >= 15 is 4.39 Å². The van der Waals surface area contributed by atoms with Crippen molar-refractivity contribution >= 4 is 85.9 Å². The van der Waals surface area contributed by atoms with Crippen molar-refractivity contribution in [1.82, 2.24) is 40.3 Å². The van der Waals surface area contributed by atoms with Crippen molar-refractivity contribution in [3.63, 3.8) is 0 Å². The van der Waals surface area contributed by atoms with E-state index in [1.807, 2.05) is 93.6 Å². The lowest BCUT2D eigenvalue weighted by molar-refractivity contribution is -0.144. The Hall–Kier alpha value is -7.38. The van der Waals surface area contributed by atoms with Crippen LogP contribution in [0.3, 0.4) is 0 Å². The second kappa shape index (κ2) is 32.4. The highest BCUT2D eigenvalue weighted by molar-refractivity contribution is 7.13. The third-order valence-corrected chi connectivity index (χ3v) is 16.7. The predicted molar refractivity (Wildman–Crippen MR) is 343 cm³/mol. The molecule has 3 atom stereocenters. The van der Waals surface area contributed by atoms with Gasteiger partial charge in [-0.1, -0.05) is 87.0 Å². The third-order valence-electron chi connectivity index (χ3n) is 15.4. The van der Waals surface area contributed by atoms with Gasteiger partial charge in [0.1, 0.15) is 35.8 Å². The summed E-state index contributed by atoms with van der Waals surface area (Å²) in [5.41, 5.74) is 4.70. The van der Waals surface area contributed by atoms with Gasteiger partial charge < -0.3 is 64.3 Å². The predicted octanol–water partition coefficient (Wildman–Crippen LogP) is 8.35. The number of carbonyl (C=O) groups is 5. The molecule has 8 rings (SSSR count). The molecule has 4 aromatic carbocycles. The number of piperazine rings is 1. The van der Waals surface area contributed by atoms with Gasteiger partial charge in [-0.05, 0) is 90.3 Å². The van der Waals surface area contributed by atoms with Crippen molar-refractivity contribution in [2.75, 3.05) is 130 Å². The zero-order valence-corrected chi connectivity index (χ0v) is 53.4. The number of carbonyl (C=O) groups excluding carboxylic acids is 5. The number of amides is 5. The van der Waals surface area contributed by atoms with Crippen LogP contribution in [-0.4, -0.2) is 196 Å². The first kappa shape index (κ1) is 67.5. The summed E-state index contributed by atoms with van der Waals surface area (Å²) in [5.74, 6) is -1.38. The number of phenols is 1. The Balaban J connectivity index is 0.669. The Bertz CT molecular complexity index is 3430. The molecule has 4 N–H and O–H groups in total. The first-order valence-electron chi connectivity index (χ1n) is 30.1. The molecule has 0 spiro atoms. The Morgan fingerprint density at radius 3 is 2.16 bits per heavy atom. The van der Waals surface area contributed by atoms with Crippen LogP contribution in [0.2, 0.25) is 5.02 Å². The number of aryl methyl sites for hydroxylation is 1. The van der Waals surface area contributed by atoms with E-state index in [0.717, 1.165) is 21.7 Å². The van der Waals surface area contributed by atoms with Gasteiger partial charge in [0, 0.05) is 70.7 Å². The molecule has 0 saturated carbocycles. The highest BCUT2D eigenvalue weighted by Crippen LogP contribution is 2.42. The smallest absolute Gasteiger partial charge is 0.246 e. The van der Waals surface area contributed by atoms with Crippen molar-refractivity contribution in [1.29, 1.82) is 0 Å². The van der Waals surface area contributed by atoms with Gasteiger partial charge in [0.25, 0.3) is 0 Å². The minimum Gasteiger partial charge on any atom is -0.508 e. The number of hydrogen-bond acceptors (Lipinski definition) is 17. The number of phenolic OH excluding ortho intramolecular Hbond substituents is 1. The van der Waals surface area contributed by atoms with Crippen LogP contribution in [0.5, 0.6) is 5.75 Å².